The standard InChI is InChI=1S/C15H18N2O/c1-15(2,3)13-9-11(7-8-16-13)12-5-6-14(18-4)17-10-12/h5-10H,1-4H3. The van der Waals surface area contributed by atoms with Gasteiger partial charge in [-0.05, 0) is 23.8 Å². The summed E-state index contributed by atoms with van der Waals surface area (Å²) in [6, 6.07) is 7.99. The van der Waals surface area contributed by atoms with Gasteiger partial charge in [-0.15, -0.1) is 0 Å². The van der Waals surface area contributed by atoms with Crippen LogP contribution in [0.25, 0.3) is 11.1 Å². The van der Waals surface area contributed by atoms with Crippen LogP contribution in [0, 0.1) is 0 Å². The van der Waals surface area contributed by atoms with Gasteiger partial charge in [0.15, 0.2) is 0 Å². The zero-order valence-corrected chi connectivity index (χ0v) is 11.3. The fourth-order valence-electron chi connectivity index (χ4n) is 1.69. The van der Waals surface area contributed by atoms with Gasteiger partial charge in [-0.1, -0.05) is 20.8 Å². The number of nitrogens with zero attached hydrogens (tertiary/aromatic N) is 2. The number of rotatable bonds is 2. The molecular weight excluding hydrogens is 224 g/mol. The highest BCUT2D eigenvalue weighted by Crippen LogP contribution is 2.25. The van der Waals surface area contributed by atoms with Crippen LogP contribution in [-0.4, -0.2) is 17.1 Å². The predicted molar refractivity (Wildman–Crippen MR) is 72.7 cm³/mol. The first-order valence-corrected chi connectivity index (χ1v) is 5.97. The van der Waals surface area contributed by atoms with Crippen molar-refractivity contribution in [1.29, 1.82) is 0 Å². The first-order chi connectivity index (χ1) is 8.50. The van der Waals surface area contributed by atoms with Crippen molar-refractivity contribution >= 4 is 0 Å². The molecule has 0 saturated carbocycles. The van der Waals surface area contributed by atoms with Crippen molar-refractivity contribution in [3.05, 3.63) is 42.4 Å². The van der Waals surface area contributed by atoms with Crippen LogP contribution in [0.4, 0.5) is 0 Å². The zero-order chi connectivity index (χ0) is 13.2. The monoisotopic (exact) mass is 242 g/mol. The Bertz CT molecular complexity index is 527. The van der Waals surface area contributed by atoms with E-state index in [1.165, 1.54) is 0 Å². The maximum Gasteiger partial charge on any atom is 0.212 e. The summed E-state index contributed by atoms with van der Waals surface area (Å²) in [7, 11) is 1.62. The molecule has 94 valence electrons. The summed E-state index contributed by atoms with van der Waals surface area (Å²) in [5, 5.41) is 0. The van der Waals surface area contributed by atoms with Crippen LogP contribution >= 0.6 is 0 Å². The molecule has 0 aliphatic carbocycles. The molecule has 0 radical (unpaired) electrons. The Morgan fingerprint density at radius 2 is 1.78 bits per heavy atom. The van der Waals surface area contributed by atoms with Crippen molar-refractivity contribution in [3.8, 4) is 17.0 Å². The SMILES string of the molecule is COc1ccc(-c2ccnc(C(C)(C)C)c2)cn1. The van der Waals surface area contributed by atoms with Gasteiger partial charge < -0.3 is 4.74 Å². The molecule has 3 heteroatoms. The van der Waals surface area contributed by atoms with Gasteiger partial charge in [0.05, 0.1) is 7.11 Å². The molecule has 0 atom stereocenters. The average molecular weight is 242 g/mol. The fourth-order valence-corrected chi connectivity index (χ4v) is 1.69. The zero-order valence-electron chi connectivity index (χ0n) is 11.3. The van der Waals surface area contributed by atoms with Crippen LogP contribution in [0.2, 0.25) is 0 Å². The summed E-state index contributed by atoms with van der Waals surface area (Å²) >= 11 is 0. The number of methoxy groups -OCH3 is 1. The lowest BCUT2D eigenvalue weighted by Gasteiger charge is -2.18. The van der Waals surface area contributed by atoms with Crippen LogP contribution in [0.3, 0.4) is 0 Å². The van der Waals surface area contributed by atoms with Gasteiger partial charge in [0.25, 0.3) is 0 Å². The lowest BCUT2D eigenvalue weighted by atomic mass is 9.90. The first-order valence-electron chi connectivity index (χ1n) is 5.97. The normalized spacial score (nSPS) is 11.3. The molecule has 0 unspecified atom stereocenters. The Morgan fingerprint density at radius 1 is 1.00 bits per heavy atom. The Labute approximate surface area is 108 Å². The summed E-state index contributed by atoms with van der Waals surface area (Å²) < 4.78 is 5.06. The van der Waals surface area contributed by atoms with Gasteiger partial charge in [0.1, 0.15) is 0 Å². The van der Waals surface area contributed by atoms with Crippen molar-refractivity contribution in [1.82, 2.24) is 9.97 Å². The van der Waals surface area contributed by atoms with E-state index in [9.17, 15) is 0 Å². The number of aromatic nitrogens is 2. The van der Waals surface area contributed by atoms with E-state index in [1.54, 1.807) is 7.11 Å². The summed E-state index contributed by atoms with van der Waals surface area (Å²) in [5.41, 5.74) is 3.33. The largest absolute Gasteiger partial charge is 0.481 e. The van der Waals surface area contributed by atoms with Crippen LogP contribution in [0.15, 0.2) is 36.7 Å². The Morgan fingerprint density at radius 3 is 2.33 bits per heavy atom. The lowest BCUT2D eigenvalue weighted by molar-refractivity contribution is 0.398. The molecular formula is C15H18N2O. The van der Waals surface area contributed by atoms with E-state index in [1.807, 2.05) is 30.6 Å². The minimum atomic E-state index is 0.0515. The highest BCUT2D eigenvalue weighted by atomic mass is 16.5. The Kier molecular flexibility index (Phi) is 3.32. The molecule has 0 aliphatic rings. The molecule has 0 aliphatic heterocycles. The van der Waals surface area contributed by atoms with E-state index in [-0.39, 0.29) is 5.41 Å². The highest BCUT2D eigenvalue weighted by molar-refractivity contribution is 5.63. The summed E-state index contributed by atoms with van der Waals surface area (Å²) in [5.74, 6) is 0.629. The predicted octanol–water partition coefficient (Wildman–Crippen LogP) is 3.45. The molecule has 2 aromatic heterocycles. The molecule has 0 aromatic carbocycles. The number of pyridine rings is 2. The summed E-state index contributed by atoms with van der Waals surface area (Å²) in [6.07, 6.45) is 3.67. The molecule has 2 aromatic rings. The molecule has 0 saturated heterocycles. The number of hydrogen-bond donors (Lipinski definition) is 0. The molecule has 0 spiro atoms. The topological polar surface area (TPSA) is 35.0 Å². The first kappa shape index (κ1) is 12.6. The van der Waals surface area contributed by atoms with Crippen LogP contribution in [0.1, 0.15) is 26.5 Å². The average Bonchev–Trinajstić information content (AvgIpc) is 2.38. The Balaban J connectivity index is 2.38. The van der Waals surface area contributed by atoms with E-state index in [0.717, 1.165) is 16.8 Å². The molecule has 2 rings (SSSR count). The van der Waals surface area contributed by atoms with Crippen molar-refractivity contribution in [2.75, 3.05) is 7.11 Å². The smallest absolute Gasteiger partial charge is 0.212 e. The molecule has 18 heavy (non-hydrogen) atoms. The molecule has 3 nitrogen and oxygen atoms in total. The number of ether oxygens (including phenoxy) is 1. The van der Waals surface area contributed by atoms with Gasteiger partial charge in [-0.25, -0.2) is 4.98 Å². The van der Waals surface area contributed by atoms with E-state index in [0.29, 0.717) is 5.88 Å². The van der Waals surface area contributed by atoms with Crippen LogP contribution in [-0.2, 0) is 5.41 Å². The molecule has 0 bridgehead atoms. The molecule has 0 N–H and O–H groups in total. The van der Waals surface area contributed by atoms with Gasteiger partial charge in [-0.3, -0.25) is 4.98 Å². The fraction of sp³-hybridized carbons (Fsp3) is 0.333. The van der Waals surface area contributed by atoms with Crippen molar-refractivity contribution in [2.24, 2.45) is 0 Å². The van der Waals surface area contributed by atoms with E-state index < -0.39 is 0 Å². The van der Waals surface area contributed by atoms with Gasteiger partial charge >= 0.3 is 0 Å². The van der Waals surface area contributed by atoms with Crippen molar-refractivity contribution < 1.29 is 4.74 Å². The van der Waals surface area contributed by atoms with Gasteiger partial charge in [-0.2, -0.15) is 0 Å². The second-order valence-electron chi connectivity index (χ2n) is 5.27. The number of hydrogen-bond acceptors (Lipinski definition) is 3. The van der Waals surface area contributed by atoms with Crippen molar-refractivity contribution in [3.63, 3.8) is 0 Å². The summed E-state index contributed by atoms with van der Waals surface area (Å²) in [6.45, 7) is 6.47. The minimum absolute atomic E-state index is 0.0515. The summed E-state index contributed by atoms with van der Waals surface area (Å²) in [4.78, 5) is 8.65. The maximum atomic E-state index is 5.06. The second-order valence-corrected chi connectivity index (χ2v) is 5.27. The second kappa shape index (κ2) is 4.77. The minimum Gasteiger partial charge on any atom is -0.481 e. The van der Waals surface area contributed by atoms with Crippen molar-refractivity contribution in [2.45, 2.75) is 26.2 Å². The van der Waals surface area contributed by atoms with E-state index >= 15 is 0 Å². The third kappa shape index (κ3) is 2.67. The van der Waals surface area contributed by atoms with Crippen LogP contribution < -0.4 is 4.74 Å². The van der Waals surface area contributed by atoms with Gasteiger partial charge in [0.2, 0.25) is 5.88 Å². The Hall–Kier alpha value is -1.90. The maximum absolute atomic E-state index is 5.06. The third-order valence-corrected chi connectivity index (χ3v) is 2.81. The molecule has 0 amide bonds. The molecule has 0 fully saturated rings. The van der Waals surface area contributed by atoms with E-state index in [2.05, 4.69) is 36.8 Å². The quantitative estimate of drug-likeness (QED) is 0.809. The van der Waals surface area contributed by atoms with Crippen LogP contribution in [0.5, 0.6) is 5.88 Å². The lowest BCUT2D eigenvalue weighted by Crippen LogP contribution is -2.13. The van der Waals surface area contributed by atoms with Gasteiger partial charge in [0, 0.05) is 35.1 Å². The highest BCUT2D eigenvalue weighted by Gasteiger charge is 2.15. The third-order valence-electron chi connectivity index (χ3n) is 2.81. The van der Waals surface area contributed by atoms with E-state index in [4.69, 9.17) is 4.74 Å². The molecule has 2 heterocycles.